The van der Waals surface area contributed by atoms with E-state index in [4.69, 9.17) is 0 Å². The van der Waals surface area contributed by atoms with E-state index in [0.717, 1.165) is 19.3 Å². The molecule has 0 aromatic rings. The summed E-state index contributed by atoms with van der Waals surface area (Å²) in [6.07, 6.45) is 4.47. The van der Waals surface area contributed by atoms with Crippen LogP contribution < -0.4 is 0 Å². The van der Waals surface area contributed by atoms with Crippen molar-refractivity contribution in [3.8, 4) is 0 Å². The smallest absolute Gasteiger partial charge is 0.309 e. The Bertz CT molecular complexity index is 228. The van der Waals surface area contributed by atoms with Gasteiger partial charge in [-0.1, -0.05) is 47.0 Å². The van der Waals surface area contributed by atoms with Gasteiger partial charge in [-0.2, -0.15) is 0 Å². The normalized spacial score (nSPS) is 18.4. The van der Waals surface area contributed by atoms with Crippen molar-refractivity contribution in [3.63, 3.8) is 0 Å². The Kier molecular flexibility index (Phi) is 7.44. The van der Waals surface area contributed by atoms with Crippen molar-refractivity contribution in [2.45, 2.75) is 71.8 Å². The third kappa shape index (κ3) is 5.07. The molecule has 17 heavy (non-hydrogen) atoms. The fourth-order valence-electron chi connectivity index (χ4n) is 2.31. The van der Waals surface area contributed by atoms with Crippen LogP contribution in [0.25, 0.3) is 0 Å². The van der Waals surface area contributed by atoms with E-state index in [-0.39, 0.29) is 0 Å². The Balaban J connectivity index is 4.78. The highest BCUT2D eigenvalue weighted by Crippen LogP contribution is 2.33. The van der Waals surface area contributed by atoms with Gasteiger partial charge >= 0.3 is 5.97 Å². The SMILES string of the molecule is CCCCC(C(=O)O)C(O)(CC)CC(C)CC. The summed E-state index contributed by atoms with van der Waals surface area (Å²) in [5.74, 6) is -1.11. The topological polar surface area (TPSA) is 57.5 Å². The van der Waals surface area contributed by atoms with Crippen LogP contribution in [0, 0.1) is 11.8 Å². The van der Waals surface area contributed by atoms with Crippen LogP contribution in [-0.2, 0) is 4.79 Å². The van der Waals surface area contributed by atoms with E-state index in [1.807, 2.05) is 13.8 Å². The molecule has 0 radical (unpaired) electrons. The van der Waals surface area contributed by atoms with E-state index in [9.17, 15) is 15.0 Å². The largest absolute Gasteiger partial charge is 0.481 e. The van der Waals surface area contributed by atoms with Gasteiger partial charge in [-0.25, -0.2) is 0 Å². The first-order valence-electron chi connectivity index (χ1n) is 6.86. The summed E-state index contributed by atoms with van der Waals surface area (Å²) >= 11 is 0. The lowest BCUT2D eigenvalue weighted by molar-refractivity contribution is -0.154. The molecule has 2 N–H and O–H groups in total. The maximum atomic E-state index is 11.3. The van der Waals surface area contributed by atoms with Crippen LogP contribution in [-0.4, -0.2) is 21.8 Å². The van der Waals surface area contributed by atoms with E-state index in [2.05, 4.69) is 13.8 Å². The van der Waals surface area contributed by atoms with Crippen molar-refractivity contribution in [2.75, 3.05) is 0 Å². The second-order valence-corrected chi connectivity index (χ2v) is 5.21. The standard InChI is InChI=1S/C14H28O3/c1-5-8-9-12(13(15)16)14(17,7-3)10-11(4)6-2/h11-12,17H,5-10H2,1-4H3,(H,15,16). The molecule has 0 heterocycles. The molecular weight excluding hydrogens is 216 g/mol. The minimum absolute atomic E-state index is 0.364. The van der Waals surface area contributed by atoms with E-state index >= 15 is 0 Å². The summed E-state index contributed by atoms with van der Waals surface area (Å²) in [4.78, 5) is 11.3. The first kappa shape index (κ1) is 16.4. The van der Waals surface area contributed by atoms with Gasteiger partial charge in [-0.05, 0) is 25.2 Å². The van der Waals surface area contributed by atoms with Gasteiger partial charge in [0.05, 0.1) is 11.5 Å². The molecule has 0 bridgehead atoms. The molecule has 0 fully saturated rings. The predicted molar refractivity (Wildman–Crippen MR) is 70.0 cm³/mol. The third-order valence-electron chi connectivity index (χ3n) is 3.80. The second-order valence-electron chi connectivity index (χ2n) is 5.21. The monoisotopic (exact) mass is 244 g/mol. The van der Waals surface area contributed by atoms with E-state index in [0.29, 0.717) is 25.2 Å². The van der Waals surface area contributed by atoms with Crippen molar-refractivity contribution >= 4 is 5.97 Å². The number of carboxylic acid groups (broad SMARTS) is 1. The number of carbonyl (C=O) groups is 1. The van der Waals surface area contributed by atoms with Gasteiger partial charge in [0.15, 0.2) is 0 Å². The van der Waals surface area contributed by atoms with Crippen LogP contribution in [0.3, 0.4) is 0 Å². The average Bonchev–Trinajstić information content (AvgIpc) is 2.28. The fraction of sp³-hybridized carbons (Fsp3) is 0.929. The van der Waals surface area contributed by atoms with Crippen molar-refractivity contribution in [3.05, 3.63) is 0 Å². The lowest BCUT2D eigenvalue weighted by atomic mass is 9.76. The number of hydrogen-bond donors (Lipinski definition) is 2. The summed E-state index contributed by atoms with van der Waals surface area (Å²) in [6.45, 7) is 8.06. The number of hydrogen-bond acceptors (Lipinski definition) is 2. The van der Waals surface area contributed by atoms with Crippen molar-refractivity contribution in [1.29, 1.82) is 0 Å². The quantitative estimate of drug-likeness (QED) is 0.653. The minimum atomic E-state index is -1.05. The van der Waals surface area contributed by atoms with Crippen molar-refractivity contribution in [2.24, 2.45) is 11.8 Å². The van der Waals surface area contributed by atoms with Crippen LogP contribution in [0.2, 0.25) is 0 Å². The molecule has 0 saturated heterocycles. The highest BCUT2D eigenvalue weighted by Gasteiger charge is 2.40. The molecule has 0 spiro atoms. The lowest BCUT2D eigenvalue weighted by Gasteiger charge is -2.35. The Morgan fingerprint density at radius 3 is 2.24 bits per heavy atom. The number of carboxylic acids is 1. The van der Waals surface area contributed by atoms with Gasteiger partial charge in [0.2, 0.25) is 0 Å². The van der Waals surface area contributed by atoms with E-state index < -0.39 is 17.5 Å². The first-order chi connectivity index (χ1) is 7.91. The van der Waals surface area contributed by atoms with Crippen molar-refractivity contribution in [1.82, 2.24) is 0 Å². The highest BCUT2D eigenvalue weighted by atomic mass is 16.4. The molecular formula is C14H28O3. The Morgan fingerprint density at radius 2 is 1.88 bits per heavy atom. The molecule has 3 unspecified atom stereocenters. The van der Waals surface area contributed by atoms with Gasteiger partial charge in [-0.3, -0.25) is 4.79 Å². The molecule has 0 aliphatic carbocycles. The molecule has 3 heteroatoms. The second kappa shape index (κ2) is 7.70. The molecule has 102 valence electrons. The molecule has 0 aromatic carbocycles. The number of unbranched alkanes of at least 4 members (excludes halogenated alkanes) is 1. The molecule has 0 amide bonds. The number of aliphatic hydroxyl groups is 1. The van der Waals surface area contributed by atoms with Gasteiger partial charge in [0, 0.05) is 0 Å². The zero-order valence-electron chi connectivity index (χ0n) is 11.7. The zero-order valence-corrected chi connectivity index (χ0v) is 11.7. The number of rotatable bonds is 9. The van der Waals surface area contributed by atoms with E-state index in [1.54, 1.807) is 0 Å². The molecule has 0 aromatic heterocycles. The van der Waals surface area contributed by atoms with Gasteiger partial charge in [0.1, 0.15) is 0 Å². The predicted octanol–water partition coefficient (Wildman–Crippen LogP) is 3.45. The Hall–Kier alpha value is -0.570. The van der Waals surface area contributed by atoms with Crippen LogP contribution in [0.5, 0.6) is 0 Å². The van der Waals surface area contributed by atoms with Gasteiger partial charge in [0.25, 0.3) is 0 Å². The van der Waals surface area contributed by atoms with Crippen LogP contribution in [0.1, 0.15) is 66.2 Å². The zero-order chi connectivity index (χ0) is 13.5. The number of aliphatic carboxylic acids is 1. The molecule has 3 atom stereocenters. The van der Waals surface area contributed by atoms with Crippen LogP contribution in [0.4, 0.5) is 0 Å². The first-order valence-corrected chi connectivity index (χ1v) is 6.86. The molecule has 0 aliphatic rings. The summed E-state index contributed by atoms with van der Waals surface area (Å²) in [7, 11) is 0. The molecule has 3 nitrogen and oxygen atoms in total. The maximum Gasteiger partial charge on any atom is 0.309 e. The van der Waals surface area contributed by atoms with Gasteiger partial charge in [-0.15, -0.1) is 0 Å². The average molecular weight is 244 g/mol. The minimum Gasteiger partial charge on any atom is -0.481 e. The lowest BCUT2D eigenvalue weighted by Crippen LogP contribution is -2.43. The summed E-state index contributed by atoms with van der Waals surface area (Å²) in [5.41, 5.74) is -1.05. The van der Waals surface area contributed by atoms with Crippen LogP contribution >= 0.6 is 0 Å². The van der Waals surface area contributed by atoms with Crippen LogP contribution in [0.15, 0.2) is 0 Å². The molecule has 0 saturated carbocycles. The Labute approximate surface area is 105 Å². The highest BCUT2D eigenvalue weighted by molar-refractivity contribution is 5.71. The Morgan fingerprint density at radius 1 is 1.29 bits per heavy atom. The molecule has 0 aliphatic heterocycles. The van der Waals surface area contributed by atoms with Gasteiger partial charge < -0.3 is 10.2 Å². The summed E-state index contributed by atoms with van der Waals surface area (Å²) in [5, 5.41) is 19.9. The fourth-order valence-corrected chi connectivity index (χ4v) is 2.31. The van der Waals surface area contributed by atoms with E-state index in [1.165, 1.54) is 0 Å². The summed E-state index contributed by atoms with van der Waals surface area (Å²) < 4.78 is 0. The van der Waals surface area contributed by atoms with Crippen molar-refractivity contribution < 1.29 is 15.0 Å². The summed E-state index contributed by atoms with van der Waals surface area (Å²) in [6, 6.07) is 0. The third-order valence-corrected chi connectivity index (χ3v) is 3.80. The molecule has 0 rings (SSSR count). The maximum absolute atomic E-state index is 11.3.